The molecule has 0 bridgehead atoms. The fourth-order valence-corrected chi connectivity index (χ4v) is 2.93. The molecule has 0 aliphatic heterocycles. The Hall–Kier alpha value is -1.83. The number of benzene rings is 2. The van der Waals surface area contributed by atoms with Gasteiger partial charge in [-0.15, -0.1) is 6.42 Å². The van der Waals surface area contributed by atoms with Gasteiger partial charge in [-0.1, -0.05) is 23.6 Å². The monoisotopic (exact) mass is 407 g/mol. The van der Waals surface area contributed by atoms with Gasteiger partial charge in [0, 0.05) is 17.3 Å². The summed E-state index contributed by atoms with van der Waals surface area (Å²) in [6, 6.07) is 9.84. The van der Waals surface area contributed by atoms with Crippen LogP contribution in [0.2, 0.25) is 5.02 Å². The quantitative estimate of drug-likeness (QED) is 0.619. The van der Waals surface area contributed by atoms with Crippen molar-refractivity contribution < 1.29 is 9.47 Å². The van der Waals surface area contributed by atoms with E-state index in [-0.39, 0.29) is 6.61 Å². The molecule has 2 rings (SSSR count). The SMILES string of the molecule is C#CCOc1c(Br)cc(CNc2ccc(C)c(Cl)c2)cc1OCC. The van der Waals surface area contributed by atoms with Gasteiger partial charge in [0.25, 0.3) is 0 Å². The van der Waals surface area contributed by atoms with Gasteiger partial charge in [0.05, 0.1) is 11.1 Å². The Morgan fingerprint density at radius 2 is 2.04 bits per heavy atom. The maximum Gasteiger partial charge on any atom is 0.176 e. The van der Waals surface area contributed by atoms with Gasteiger partial charge in [-0.2, -0.15) is 0 Å². The smallest absolute Gasteiger partial charge is 0.176 e. The van der Waals surface area contributed by atoms with E-state index in [2.05, 4.69) is 27.2 Å². The van der Waals surface area contributed by atoms with E-state index in [1.165, 1.54) is 0 Å². The van der Waals surface area contributed by atoms with E-state index in [1.54, 1.807) is 0 Å². The average molecular weight is 409 g/mol. The molecule has 1 N–H and O–H groups in total. The molecule has 2 aromatic rings. The second-order valence-electron chi connectivity index (χ2n) is 5.15. The number of hydrogen-bond acceptors (Lipinski definition) is 3. The molecule has 0 aliphatic rings. The van der Waals surface area contributed by atoms with Crippen molar-refractivity contribution in [1.29, 1.82) is 0 Å². The van der Waals surface area contributed by atoms with Crippen LogP contribution < -0.4 is 14.8 Å². The number of halogens is 2. The van der Waals surface area contributed by atoms with Crippen LogP contribution in [0, 0.1) is 19.3 Å². The molecule has 0 saturated heterocycles. The molecule has 3 nitrogen and oxygen atoms in total. The van der Waals surface area contributed by atoms with E-state index < -0.39 is 0 Å². The Morgan fingerprint density at radius 1 is 1.25 bits per heavy atom. The highest BCUT2D eigenvalue weighted by atomic mass is 79.9. The Bertz CT molecular complexity index is 756. The maximum absolute atomic E-state index is 6.16. The molecule has 2 aromatic carbocycles. The Kier molecular flexibility index (Phi) is 6.84. The summed E-state index contributed by atoms with van der Waals surface area (Å²) >= 11 is 9.68. The van der Waals surface area contributed by atoms with Gasteiger partial charge in [0.2, 0.25) is 0 Å². The first-order chi connectivity index (χ1) is 11.5. The number of nitrogens with one attached hydrogen (secondary N) is 1. The van der Waals surface area contributed by atoms with Crippen LogP contribution in [0.5, 0.6) is 11.5 Å². The first kappa shape index (κ1) is 18.5. The highest BCUT2D eigenvalue weighted by molar-refractivity contribution is 9.10. The van der Waals surface area contributed by atoms with Gasteiger partial charge in [-0.25, -0.2) is 0 Å². The molecule has 0 spiro atoms. The molecule has 0 unspecified atom stereocenters. The molecule has 0 amide bonds. The van der Waals surface area contributed by atoms with E-state index in [0.29, 0.717) is 24.7 Å². The van der Waals surface area contributed by atoms with Crippen molar-refractivity contribution in [1.82, 2.24) is 0 Å². The highest BCUT2D eigenvalue weighted by Crippen LogP contribution is 2.37. The van der Waals surface area contributed by atoms with E-state index >= 15 is 0 Å². The fraction of sp³-hybridized carbons (Fsp3) is 0.263. The van der Waals surface area contributed by atoms with Gasteiger partial charge in [-0.05, 0) is 65.2 Å². The lowest BCUT2D eigenvalue weighted by Gasteiger charge is -2.15. The van der Waals surface area contributed by atoms with Crippen LogP contribution in [-0.4, -0.2) is 13.2 Å². The minimum Gasteiger partial charge on any atom is -0.490 e. The van der Waals surface area contributed by atoms with Crippen molar-refractivity contribution >= 4 is 33.2 Å². The van der Waals surface area contributed by atoms with Crippen molar-refractivity contribution in [2.75, 3.05) is 18.5 Å². The topological polar surface area (TPSA) is 30.5 Å². The second kappa shape index (κ2) is 8.86. The summed E-state index contributed by atoms with van der Waals surface area (Å²) in [6.45, 7) is 5.28. The summed E-state index contributed by atoms with van der Waals surface area (Å²) < 4.78 is 12.0. The van der Waals surface area contributed by atoms with Crippen molar-refractivity contribution in [3.63, 3.8) is 0 Å². The molecule has 0 aromatic heterocycles. The summed E-state index contributed by atoms with van der Waals surface area (Å²) in [7, 11) is 0. The minimum absolute atomic E-state index is 0.193. The van der Waals surface area contributed by atoms with Gasteiger partial charge in [0.1, 0.15) is 6.61 Å². The predicted octanol–water partition coefficient (Wildman–Crippen LogP) is 5.43. The third-order valence-electron chi connectivity index (χ3n) is 3.34. The van der Waals surface area contributed by atoms with Crippen molar-refractivity contribution in [3.8, 4) is 23.8 Å². The standard InChI is InChI=1S/C19H19BrClNO2/c1-4-8-24-19-16(20)9-14(10-18(19)23-5-2)12-22-15-7-6-13(3)17(21)11-15/h1,6-7,9-11,22H,5,8,12H2,2-3H3. The van der Waals surface area contributed by atoms with Crippen LogP contribution >= 0.6 is 27.5 Å². The lowest BCUT2D eigenvalue weighted by molar-refractivity contribution is 0.297. The van der Waals surface area contributed by atoms with Gasteiger partial charge < -0.3 is 14.8 Å². The molecular formula is C19H19BrClNO2. The summed E-state index contributed by atoms with van der Waals surface area (Å²) in [5, 5.41) is 4.10. The largest absolute Gasteiger partial charge is 0.490 e. The number of terminal acetylenes is 1. The Balaban J connectivity index is 2.17. The predicted molar refractivity (Wildman–Crippen MR) is 103 cm³/mol. The summed E-state index contributed by atoms with van der Waals surface area (Å²) in [5.41, 5.74) is 3.07. The van der Waals surface area contributed by atoms with Gasteiger partial charge >= 0.3 is 0 Å². The van der Waals surface area contributed by atoms with Gasteiger partial charge in [-0.3, -0.25) is 0 Å². The lowest BCUT2D eigenvalue weighted by Crippen LogP contribution is -2.04. The molecule has 0 aliphatic carbocycles. The molecule has 0 saturated carbocycles. The molecule has 5 heteroatoms. The van der Waals surface area contributed by atoms with Crippen LogP contribution in [0.4, 0.5) is 5.69 Å². The third kappa shape index (κ3) is 4.83. The molecule has 126 valence electrons. The first-order valence-corrected chi connectivity index (χ1v) is 8.73. The number of anilines is 1. The van der Waals surface area contributed by atoms with Gasteiger partial charge in [0.15, 0.2) is 11.5 Å². The van der Waals surface area contributed by atoms with Crippen LogP contribution in [0.25, 0.3) is 0 Å². The Morgan fingerprint density at radius 3 is 2.71 bits per heavy atom. The molecule has 0 radical (unpaired) electrons. The fourth-order valence-electron chi connectivity index (χ4n) is 2.15. The average Bonchev–Trinajstić information content (AvgIpc) is 2.55. The van der Waals surface area contributed by atoms with Crippen LogP contribution in [0.3, 0.4) is 0 Å². The van der Waals surface area contributed by atoms with Crippen molar-refractivity contribution in [3.05, 3.63) is 51.0 Å². The molecule has 0 heterocycles. The van der Waals surface area contributed by atoms with E-state index in [0.717, 1.165) is 26.3 Å². The highest BCUT2D eigenvalue weighted by Gasteiger charge is 2.12. The Labute approximate surface area is 156 Å². The molecule has 0 atom stereocenters. The summed E-state index contributed by atoms with van der Waals surface area (Å²) in [5.74, 6) is 3.75. The lowest BCUT2D eigenvalue weighted by atomic mass is 10.2. The van der Waals surface area contributed by atoms with Crippen LogP contribution in [0.1, 0.15) is 18.1 Å². The summed E-state index contributed by atoms with van der Waals surface area (Å²) in [6.07, 6.45) is 5.26. The van der Waals surface area contributed by atoms with Crippen LogP contribution in [-0.2, 0) is 6.54 Å². The molecule has 0 fully saturated rings. The normalized spacial score (nSPS) is 10.1. The first-order valence-electron chi connectivity index (χ1n) is 7.56. The van der Waals surface area contributed by atoms with E-state index in [9.17, 15) is 0 Å². The number of ether oxygens (including phenoxy) is 2. The number of hydrogen-bond donors (Lipinski definition) is 1. The number of rotatable bonds is 7. The third-order valence-corrected chi connectivity index (χ3v) is 4.33. The molecular weight excluding hydrogens is 390 g/mol. The van der Waals surface area contributed by atoms with Crippen LogP contribution in [0.15, 0.2) is 34.8 Å². The minimum atomic E-state index is 0.193. The zero-order valence-electron chi connectivity index (χ0n) is 13.7. The summed E-state index contributed by atoms with van der Waals surface area (Å²) in [4.78, 5) is 0. The zero-order valence-corrected chi connectivity index (χ0v) is 16.0. The number of aryl methyl sites for hydroxylation is 1. The van der Waals surface area contributed by atoms with Crippen molar-refractivity contribution in [2.24, 2.45) is 0 Å². The maximum atomic E-state index is 6.16. The van der Waals surface area contributed by atoms with Crippen molar-refractivity contribution in [2.45, 2.75) is 20.4 Å². The zero-order chi connectivity index (χ0) is 17.5. The van der Waals surface area contributed by atoms with E-state index in [4.69, 9.17) is 27.5 Å². The molecule has 24 heavy (non-hydrogen) atoms. The second-order valence-corrected chi connectivity index (χ2v) is 6.41. The van der Waals surface area contributed by atoms with E-state index in [1.807, 2.05) is 44.2 Å².